The molecule has 2 aromatic rings. The lowest BCUT2D eigenvalue weighted by atomic mass is 9.67. The van der Waals surface area contributed by atoms with E-state index < -0.39 is 0 Å². The van der Waals surface area contributed by atoms with E-state index in [2.05, 4.69) is 38.3 Å². The van der Waals surface area contributed by atoms with Gasteiger partial charge in [-0.15, -0.1) is 0 Å². The predicted octanol–water partition coefficient (Wildman–Crippen LogP) is 2.76. The minimum atomic E-state index is 0.0625. The van der Waals surface area contributed by atoms with Gasteiger partial charge in [0.15, 0.2) is 0 Å². The number of urea groups is 1. The second kappa shape index (κ2) is 6.78. The Morgan fingerprint density at radius 1 is 1.27 bits per heavy atom. The van der Waals surface area contributed by atoms with Crippen LogP contribution in [0.3, 0.4) is 0 Å². The highest BCUT2D eigenvalue weighted by Crippen LogP contribution is 2.46. The van der Waals surface area contributed by atoms with Crippen molar-refractivity contribution >= 4 is 22.9 Å². The molecule has 140 valence electrons. The molecule has 0 radical (unpaired) electrons. The van der Waals surface area contributed by atoms with Crippen LogP contribution < -0.4 is 10.2 Å². The summed E-state index contributed by atoms with van der Waals surface area (Å²) in [5, 5.41) is 3.84. The molecule has 2 amide bonds. The summed E-state index contributed by atoms with van der Waals surface area (Å²) in [6.45, 7) is 1.77. The van der Waals surface area contributed by atoms with Crippen LogP contribution in [0, 0.1) is 5.41 Å². The molecule has 2 fully saturated rings. The van der Waals surface area contributed by atoms with E-state index in [4.69, 9.17) is 0 Å². The number of nitrogens with zero attached hydrogens (tertiary/aromatic N) is 4. The van der Waals surface area contributed by atoms with E-state index in [0.717, 1.165) is 42.8 Å². The summed E-state index contributed by atoms with van der Waals surface area (Å²) in [4.78, 5) is 28.1. The first-order chi connectivity index (χ1) is 12.6. The third-order valence-corrected chi connectivity index (χ3v) is 6.56. The molecule has 2 aliphatic rings. The number of rotatable bonds is 2. The molecule has 1 aliphatic carbocycles. The molecule has 1 aliphatic heterocycles. The van der Waals surface area contributed by atoms with E-state index in [1.54, 1.807) is 13.4 Å². The fraction of sp³-hybridized carbons (Fsp3) is 0.632. The number of fused-ring (bicyclic) bond motifs is 1. The minimum Gasteiger partial charge on any atom is -0.356 e. The third kappa shape index (κ3) is 2.99. The van der Waals surface area contributed by atoms with E-state index in [1.807, 2.05) is 11.1 Å². The number of piperidine rings is 1. The Morgan fingerprint density at radius 3 is 2.69 bits per heavy atom. The van der Waals surface area contributed by atoms with Crippen LogP contribution in [0.5, 0.6) is 0 Å². The van der Waals surface area contributed by atoms with Gasteiger partial charge in [0.05, 0.1) is 5.39 Å². The average Bonchev–Trinajstić information content (AvgIpc) is 3.17. The van der Waals surface area contributed by atoms with E-state index in [0.29, 0.717) is 11.5 Å². The van der Waals surface area contributed by atoms with Crippen molar-refractivity contribution < 1.29 is 4.79 Å². The Bertz CT molecular complexity index is 769. The second-order valence-electron chi connectivity index (χ2n) is 7.82. The Kier molecular flexibility index (Phi) is 4.46. The number of carbonyl (C=O) groups is 1. The lowest BCUT2D eigenvalue weighted by Gasteiger charge is -2.47. The van der Waals surface area contributed by atoms with Gasteiger partial charge in [0.1, 0.15) is 17.8 Å². The zero-order valence-electron chi connectivity index (χ0n) is 15.7. The van der Waals surface area contributed by atoms with Crippen molar-refractivity contribution in [1.29, 1.82) is 0 Å². The van der Waals surface area contributed by atoms with Gasteiger partial charge in [-0.3, -0.25) is 0 Å². The highest BCUT2D eigenvalue weighted by atomic mass is 16.2. The van der Waals surface area contributed by atoms with Crippen LogP contribution in [0.1, 0.15) is 38.5 Å². The van der Waals surface area contributed by atoms with Crippen LogP contribution in [-0.2, 0) is 0 Å². The van der Waals surface area contributed by atoms with Gasteiger partial charge in [-0.05, 0) is 50.0 Å². The number of hydrogen-bond donors (Lipinski definition) is 2. The zero-order chi connectivity index (χ0) is 18.1. The van der Waals surface area contributed by atoms with Gasteiger partial charge < -0.3 is 20.1 Å². The molecular formula is C19H28N6O. The number of carbonyl (C=O) groups excluding carboxylic acids is 1. The van der Waals surface area contributed by atoms with Gasteiger partial charge in [-0.1, -0.05) is 0 Å². The van der Waals surface area contributed by atoms with Gasteiger partial charge in [-0.2, -0.15) is 0 Å². The van der Waals surface area contributed by atoms with Crippen LogP contribution in [0.2, 0.25) is 0 Å². The van der Waals surface area contributed by atoms with Crippen LogP contribution >= 0.6 is 0 Å². The number of anilines is 1. The zero-order valence-corrected chi connectivity index (χ0v) is 15.7. The number of amides is 2. The maximum absolute atomic E-state index is 11.8. The molecule has 7 nitrogen and oxygen atoms in total. The van der Waals surface area contributed by atoms with Crippen molar-refractivity contribution in [3.63, 3.8) is 0 Å². The monoisotopic (exact) mass is 356 g/mol. The first kappa shape index (κ1) is 17.1. The molecule has 0 unspecified atom stereocenters. The molecule has 0 atom stereocenters. The molecule has 7 heteroatoms. The van der Waals surface area contributed by atoms with Crippen molar-refractivity contribution in [3.05, 3.63) is 18.6 Å². The Labute approximate surface area is 154 Å². The number of aromatic amines is 1. The fourth-order valence-corrected chi connectivity index (χ4v) is 4.76. The predicted molar refractivity (Wildman–Crippen MR) is 102 cm³/mol. The van der Waals surface area contributed by atoms with Crippen molar-refractivity contribution in [2.24, 2.45) is 5.41 Å². The lowest BCUT2D eigenvalue weighted by Crippen LogP contribution is -2.48. The summed E-state index contributed by atoms with van der Waals surface area (Å²) in [7, 11) is 3.87. The normalized spacial score (nSPS) is 20.5. The lowest BCUT2D eigenvalue weighted by molar-refractivity contribution is 0.0758. The number of aromatic nitrogens is 3. The average molecular weight is 356 g/mol. The van der Waals surface area contributed by atoms with Crippen molar-refractivity contribution in [2.75, 3.05) is 32.1 Å². The Morgan fingerprint density at radius 2 is 2.00 bits per heavy atom. The number of likely N-dealkylation sites (tertiary alicyclic amines) is 1. The summed E-state index contributed by atoms with van der Waals surface area (Å²) in [5.74, 6) is 1.02. The van der Waals surface area contributed by atoms with Gasteiger partial charge >= 0.3 is 6.03 Å². The summed E-state index contributed by atoms with van der Waals surface area (Å²) in [5.41, 5.74) is 1.33. The molecule has 2 aromatic heterocycles. The van der Waals surface area contributed by atoms with E-state index in [-0.39, 0.29) is 6.03 Å². The molecular weight excluding hydrogens is 328 g/mol. The third-order valence-electron chi connectivity index (χ3n) is 6.56. The molecule has 4 rings (SSSR count). The van der Waals surface area contributed by atoms with Gasteiger partial charge in [-0.25, -0.2) is 14.8 Å². The van der Waals surface area contributed by atoms with Gasteiger partial charge in [0.2, 0.25) is 0 Å². The van der Waals surface area contributed by atoms with Crippen LogP contribution in [0.25, 0.3) is 11.0 Å². The van der Waals surface area contributed by atoms with Crippen molar-refractivity contribution in [2.45, 2.75) is 44.6 Å². The molecule has 0 aromatic carbocycles. The maximum Gasteiger partial charge on any atom is 0.317 e. The summed E-state index contributed by atoms with van der Waals surface area (Å²) >= 11 is 0. The van der Waals surface area contributed by atoms with Crippen LogP contribution in [0.15, 0.2) is 18.6 Å². The quantitative estimate of drug-likeness (QED) is 0.867. The minimum absolute atomic E-state index is 0.0625. The Balaban J connectivity index is 1.39. The van der Waals surface area contributed by atoms with Crippen LogP contribution in [0.4, 0.5) is 10.6 Å². The summed E-state index contributed by atoms with van der Waals surface area (Å²) in [6, 6.07) is 2.64. The Hall–Kier alpha value is -2.31. The van der Waals surface area contributed by atoms with E-state index >= 15 is 0 Å². The highest BCUT2D eigenvalue weighted by Gasteiger charge is 2.39. The smallest absolute Gasteiger partial charge is 0.317 e. The molecule has 3 heterocycles. The first-order valence-electron chi connectivity index (χ1n) is 9.59. The largest absolute Gasteiger partial charge is 0.356 e. The van der Waals surface area contributed by atoms with Gasteiger partial charge in [0.25, 0.3) is 0 Å². The molecule has 1 saturated carbocycles. The molecule has 0 bridgehead atoms. The number of H-pyrrole nitrogens is 1. The molecule has 1 spiro atoms. The topological polar surface area (TPSA) is 77.2 Å². The molecule has 26 heavy (non-hydrogen) atoms. The first-order valence-corrected chi connectivity index (χ1v) is 9.59. The summed E-state index contributed by atoms with van der Waals surface area (Å²) in [6.07, 6.45) is 10.7. The summed E-state index contributed by atoms with van der Waals surface area (Å²) < 4.78 is 0. The van der Waals surface area contributed by atoms with Crippen molar-refractivity contribution in [1.82, 2.24) is 25.2 Å². The molecule has 2 N–H and O–H groups in total. The second-order valence-corrected chi connectivity index (χ2v) is 7.82. The van der Waals surface area contributed by atoms with E-state index in [1.165, 1.54) is 25.7 Å². The van der Waals surface area contributed by atoms with Crippen molar-refractivity contribution in [3.8, 4) is 0 Å². The highest BCUT2D eigenvalue weighted by molar-refractivity contribution is 5.87. The van der Waals surface area contributed by atoms with Crippen LogP contribution in [-0.4, -0.2) is 59.1 Å². The molecule has 1 saturated heterocycles. The standard InChI is InChI=1S/C19H28N6O/c1-20-18(26)25-11-8-19(9-12-25)6-3-14(4-7-19)24(2)17-15-5-10-21-16(15)22-13-23-17/h5,10,13-14H,3-4,6-9,11-12H2,1-2H3,(H,20,26)(H,21,22,23). The maximum atomic E-state index is 11.8. The SMILES string of the molecule is CNC(=O)N1CCC2(CCC(N(C)c3ncnc4[nH]ccc34)CC2)CC1. The fourth-order valence-electron chi connectivity index (χ4n) is 4.76. The number of hydrogen-bond acceptors (Lipinski definition) is 4. The number of nitrogens with one attached hydrogen (secondary N) is 2. The van der Waals surface area contributed by atoms with Gasteiger partial charge in [0, 0.05) is 39.4 Å². The van der Waals surface area contributed by atoms with E-state index in [9.17, 15) is 4.79 Å².